The van der Waals surface area contributed by atoms with Crippen LogP contribution in [0.15, 0.2) is 23.1 Å². The zero-order valence-corrected chi connectivity index (χ0v) is 9.30. The minimum absolute atomic E-state index is 0.249. The molecule has 14 heavy (non-hydrogen) atoms. The van der Waals surface area contributed by atoms with Gasteiger partial charge in [-0.2, -0.15) is 0 Å². The van der Waals surface area contributed by atoms with E-state index in [1.54, 1.807) is 7.11 Å². The summed E-state index contributed by atoms with van der Waals surface area (Å²) in [7, 11) is 1.70. The van der Waals surface area contributed by atoms with Crippen LogP contribution in [0.4, 0.5) is 0 Å². The molecule has 3 heteroatoms. The molecule has 1 aliphatic rings. The van der Waals surface area contributed by atoms with Gasteiger partial charge in [-0.15, -0.1) is 11.8 Å². The topological polar surface area (TPSA) is 35.2 Å². The van der Waals surface area contributed by atoms with E-state index in [9.17, 15) is 0 Å². The molecule has 76 valence electrons. The Bertz CT molecular complexity index is 338. The minimum Gasteiger partial charge on any atom is -0.497 e. The first kappa shape index (κ1) is 9.87. The van der Waals surface area contributed by atoms with E-state index in [0.29, 0.717) is 5.25 Å². The number of hydrogen-bond donors (Lipinski definition) is 1. The van der Waals surface area contributed by atoms with E-state index in [2.05, 4.69) is 19.1 Å². The number of methoxy groups -OCH3 is 1. The Morgan fingerprint density at radius 2 is 2.36 bits per heavy atom. The maximum absolute atomic E-state index is 5.90. The standard InChI is InChI=1S/C11H15NOS/c1-7(12)11-6-8-5-9(13-2)3-4-10(8)14-11/h3-5,7,11H,6,12H2,1-2H3. The number of ether oxygens (including phenoxy) is 1. The minimum atomic E-state index is 0.249. The number of hydrogen-bond acceptors (Lipinski definition) is 3. The summed E-state index contributed by atoms with van der Waals surface area (Å²) in [4.78, 5) is 1.35. The molecule has 2 atom stereocenters. The lowest BCUT2D eigenvalue weighted by molar-refractivity contribution is 0.414. The second kappa shape index (κ2) is 3.83. The smallest absolute Gasteiger partial charge is 0.119 e. The first-order valence-corrected chi connectivity index (χ1v) is 5.68. The Hall–Kier alpha value is -0.670. The van der Waals surface area contributed by atoms with Crippen molar-refractivity contribution in [2.75, 3.05) is 7.11 Å². The first-order chi connectivity index (χ1) is 6.70. The molecule has 1 aliphatic heterocycles. The Morgan fingerprint density at radius 3 is 3.00 bits per heavy atom. The van der Waals surface area contributed by atoms with Crippen LogP contribution in [0.3, 0.4) is 0 Å². The van der Waals surface area contributed by atoms with E-state index < -0.39 is 0 Å². The van der Waals surface area contributed by atoms with Crippen LogP contribution in [0, 0.1) is 0 Å². The van der Waals surface area contributed by atoms with Crippen molar-refractivity contribution >= 4 is 11.8 Å². The molecule has 0 saturated heterocycles. The van der Waals surface area contributed by atoms with Crippen molar-refractivity contribution in [3.8, 4) is 5.75 Å². The number of fused-ring (bicyclic) bond motifs is 1. The average Bonchev–Trinajstić information content (AvgIpc) is 2.59. The third-order valence-corrected chi connectivity index (χ3v) is 4.10. The van der Waals surface area contributed by atoms with Crippen LogP contribution in [0.2, 0.25) is 0 Å². The molecular weight excluding hydrogens is 194 g/mol. The van der Waals surface area contributed by atoms with Gasteiger partial charge in [0.15, 0.2) is 0 Å². The van der Waals surface area contributed by atoms with Crippen molar-refractivity contribution in [1.82, 2.24) is 0 Å². The number of rotatable bonds is 2. The monoisotopic (exact) mass is 209 g/mol. The number of benzene rings is 1. The molecule has 0 aliphatic carbocycles. The Labute approximate surface area is 88.8 Å². The SMILES string of the molecule is COc1ccc2c(c1)CC(C(C)N)S2. The normalized spacial score (nSPS) is 21.8. The summed E-state index contributed by atoms with van der Waals surface area (Å²) >= 11 is 1.88. The molecule has 2 rings (SSSR count). The van der Waals surface area contributed by atoms with Crippen molar-refractivity contribution < 1.29 is 4.74 Å². The van der Waals surface area contributed by atoms with Gasteiger partial charge in [-0.05, 0) is 37.1 Å². The lowest BCUT2D eigenvalue weighted by Crippen LogP contribution is -2.28. The molecule has 2 N–H and O–H groups in total. The van der Waals surface area contributed by atoms with Gasteiger partial charge in [-0.25, -0.2) is 0 Å². The fourth-order valence-corrected chi connectivity index (χ4v) is 2.92. The van der Waals surface area contributed by atoms with Gasteiger partial charge in [0.1, 0.15) is 5.75 Å². The predicted molar refractivity (Wildman–Crippen MR) is 60.0 cm³/mol. The summed E-state index contributed by atoms with van der Waals surface area (Å²) < 4.78 is 5.19. The Balaban J connectivity index is 2.22. The highest BCUT2D eigenvalue weighted by atomic mass is 32.2. The van der Waals surface area contributed by atoms with Crippen LogP contribution in [0.5, 0.6) is 5.75 Å². The molecule has 0 saturated carbocycles. The summed E-state index contributed by atoms with van der Waals surface area (Å²) in [5.41, 5.74) is 7.27. The molecule has 0 bridgehead atoms. The first-order valence-electron chi connectivity index (χ1n) is 4.80. The van der Waals surface area contributed by atoms with Crippen LogP contribution < -0.4 is 10.5 Å². The van der Waals surface area contributed by atoms with E-state index in [1.165, 1.54) is 10.5 Å². The van der Waals surface area contributed by atoms with Gasteiger partial charge in [-0.1, -0.05) is 0 Å². The molecule has 0 spiro atoms. The number of thioether (sulfide) groups is 1. The van der Waals surface area contributed by atoms with Gasteiger partial charge in [-0.3, -0.25) is 0 Å². The van der Waals surface area contributed by atoms with Gasteiger partial charge >= 0.3 is 0 Å². The van der Waals surface area contributed by atoms with Crippen molar-refractivity contribution in [3.63, 3.8) is 0 Å². The molecule has 1 aromatic carbocycles. The maximum Gasteiger partial charge on any atom is 0.119 e. The molecular formula is C11H15NOS. The second-order valence-electron chi connectivity index (χ2n) is 3.69. The Kier molecular flexibility index (Phi) is 2.70. The molecule has 0 aromatic heterocycles. The third-order valence-electron chi connectivity index (χ3n) is 2.55. The van der Waals surface area contributed by atoms with Crippen molar-refractivity contribution in [1.29, 1.82) is 0 Å². The van der Waals surface area contributed by atoms with E-state index in [1.807, 2.05) is 17.8 Å². The highest BCUT2D eigenvalue weighted by Gasteiger charge is 2.25. The largest absolute Gasteiger partial charge is 0.497 e. The molecule has 2 nitrogen and oxygen atoms in total. The predicted octanol–water partition coefficient (Wildman–Crippen LogP) is 2.06. The molecule has 0 radical (unpaired) electrons. The summed E-state index contributed by atoms with van der Waals surface area (Å²) in [6.45, 7) is 2.07. The lowest BCUT2D eigenvalue weighted by atomic mass is 10.1. The fourth-order valence-electron chi connectivity index (χ4n) is 1.67. The van der Waals surface area contributed by atoms with Crippen LogP contribution in [-0.2, 0) is 6.42 Å². The van der Waals surface area contributed by atoms with E-state index >= 15 is 0 Å². The third kappa shape index (κ3) is 1.74. The average molecular weight is 209 g/mol. The van der Waals surface area contributed by atoms with Crippen LogP contribution in [0.1, 0.15) is 12.5 Å². The summed E-state index contributed by atoms with van der Waals surface area (Å²) in [5, 5.41) is 0.525. The highest BCUT2D eigenvalue weighted by Crippen LogP contribution is 2.39. The number of nitrogens with two attached hydrogens (primary N) is 1. The molecule has 1 aromatic rings. The van der Waals surface area contributed by atoms with E-state index in [0.717, 1.165) is 12.2 Å². The van der Waals surface area contributed by atoms with Crippen molar-refractivity contribution in [3.05, 3.63) is 23.8 Å². The zero-order chi connectivity index (χ0) is 10.1. The van der Waals surface area contributed by atoms with Gasteiger partial charge in [0.25, 0.3) is 0 Å². The molecule has 0 fully saturated rings. The van der Waals surface area contributed by atoms with Crippen molar-refractivity contribution in [2.24, 2.45) is 5.73 Å². The Morgan fingerprint density at radius 1 is 1.57 bits per heavy atom. The summed E-state index contributed by atoms with van der Waals surface area (Å²) in [6.07, 6.45) is 1.06. The second-order valence-corrected chi connectivity index (χ2v) is 4.97. The van der Waals surface area contributed by atoms with Crippen LogP contribution in [-0.4, -0.2) is 18.4 Å². The van der Waals surface area contributed by atoms with Crippen molar-refractivity contribution in [2.45, 2.75) is 29.5 Å². The van der Waals surface area contributed by atoms with E-state index in [4.69, 9.17) is 10.5 Å². The molecule has 1 heterocycles. The fraction of sp³-hybridized carbons (Fsp3) is 0.455. The summed E-state index contributed by atoms with van der Waals surface area (Å²) in [6, 6.07) is 6.50. The van der Waals surface area contributed by atoms with Gasteiger partial charge in [0.05, 0.1) is 7.11 Å². The molecule has 2 unspecified atom stereocenters. The van der Waals surface area contributed by atoms with Crippen LogP contribution >= 0.6 is 11.8 Å². The van der Waals surface area contributed by atoms with Gasteiger partial charge < -0.3 is 10.5 Å². The molecule has 0 amide bonds. The van der Waals surface area contributed by atoms with E-state index in [-0.39, 0.29) is 6.04 Å². The summed E-state index contributed by atoms with van der Waals surface area (Å²) in [5.74, 6) is 0.940. The highest BCUT2D eigenvalue weighted by molar-refractivity contribution is 8.00. The van der Waals surface area contributed by atoms with Gasteiger partial charge in [0.2, 0.25) is 0 Å². The lowest BCUT2D eigenvalue weighted by Gasteiger charge is -2.11. The quantitative estimate of drug-likeness (QED) is 0.809. The zero-order valence-electron chi connectivity index (χ0n) is 8.49. The van der Waals surface area contributed by atoms with Gasteiger partial charge in [0, 0.05) is 16.2 Å². The van der Waals surface area contributed by atoms with Crippen LogP contribution in [0.25, 0.3) is 0 Å². The maximum atomic E-state index is 5.90.